The Labute approximate surface area is 211 Å². The summed E-state index contributed by atoms with van der Waals surface area (Å²) in [6.45, 7) is 5.37. The Balaban J connectivity index is 1.52. The van der Waals surface area contributed by atoms with Crippen molar-refractivity contribution in [1.82, 2.24) is 14.8 Å². The number of aromatic nitrogens is 1. The van der Waals surface area contributed by atoms with Crippen molar-refractivity contribution in [1.29, 1.82) is 0 Å². The number of benzene rings is 2. The third-order valence-corrected chi connectivity index (χ3v) is 7.30. The molecule has 0 bridgehead atoms. The van der Waals surface area contributed by atoms with Crippen molar-refractivity contribution >= 4 is 51.8 Å². The predicted molar refractivity (Wildman–Crippen MR) is 144 cm³/mol. The van der Waals surface area contributed by atoms with Crippen LogP contribution in [0.2, 0.25) is 0 Å². The van der Waals surface area contributed by atoms with Crippen LogP contribution in [0.3, 0.4) is 0 Å². The molecule has 2 amide bonds. The van der Waals surface area contributed by atoms with E-state index < -0.39 is 0 Å². The first-order valence-electron chi connectivity index (χ1n) is 12.3. The molecule has 180 valence electrons. The van der Waals surface area contributed by atoms with E-state index in [1.807, 2.05) is 53.6 Å². The fourth-order valence-corrected chi connectivity index (χ4v) is 5.50. The molecule has 2 aliphatic heterocycles. The fourth-order valence-electron chi connectivity index (χ4n) is 5.20. The number of aryl methyl sites for hydroxylation is 1. The second kappa shape index (κ2) is 9.66. The lowest BCUT2D eigenvalue weighted by Gasteiger charge is -2.33. The Bertz CT molecular complexity index is 1330. The van der Waals surface area contributed by atoms with E-state index in [4.69, 9.17) is 12.2 Å². The van der Waals surface area contributed by atoms with Crippen molar-refractivity contribution in [2.45, 2.75) is 52.1 Å². The highest BCUT2D eigenvalue weighted by Crippen LogP contribution is 2.29. The standard InChI is InChI=1S/C28H30N4O2S/c1-3-20-11-9-14-23-21(16-24-27(34)32(28(35)29-24)22-12-5-4-6-13-22)17-30(26(20)23)18-25(33)31-15-8-7-10-19(31)2/h4-6,9,11-14,16-17,19H,3,7-8,10,15,18H2,1-2H3,(H,29,35)/b24-16-/t19-/m1/s1. The first-order valence-corrected chi connectivity index (χ1v) is 12.7. The monoisotopic (exact) mass is 486 g/mol. The zero-order valence-corrected chi connectivity index (χ0v) is 21.0. The largest absolute Gasteiger partial charge is 0.338 e. The van der Waals surface area contributed by atoms with E-state index in [9.17, 15) is 9.59 Å². The summed E-state index contributed by atoms with van der Waals surface area (Å²) in [4.78, 5) is 30.0. The van der Waals surface area contributed by atoms with Gasteiger partial charge in [-0.3, -0.25) is 14.5 Å². The number of fused-ring (bicyclic) bond motifs is 1. The normalized spacial score (nSPS) is 19.6. The van der Waals surface area contributed by atoms with Gasteiger partial charge in [-0.1, -0.05) is 43.3 Å². The van der Waals surface area contributed by atoms with Gasteiger partial charge in [-0.2, -0.15) is 0 Å². The number of likely N-dealkylation sites (tertiary alicyclic amines) is 1. The number of piperidine rings is 1. The summed E-state index contributed by atoms with van der Waals surface area (Å²) in [5.41, 5.74) is 4.28. The molecule has 2 aliphatic rings. The van der Waals surface area contributed by atoms with E-state index in [1.165, 1.54) is 16.9 Å². The molecule has 5 rings (SSSR count). The SMILES string of the molecule is CCc1cccc2c(/C=C3\NC(=S)N(c4ccccc4)C3=O)cn(CC(=O)N3CCCC[C@H]3C)c12. The molecule has 3 aromatic rings. The lowest BCUT2D eigenvalue weighted by molar-refractivity contribution is -0.135. The van der Waals surface area contributed by atoms with Gasteiger partial charge in [-0.05, 0) is 68.6 Å². The molecular weight excluding hydrogens is 456 g/mol. The van der Waals surface area contributed by atoms with Gasteiger partial charge in [-0.25, -0.2) is 0 Å². The smallest absolute Gasteiger partial charge is 0.281 e. The van der Waals surface area contributed by atoms with Crippen LogP contribution in [0.5, 0.6) is 0 Å². The maximum absolute atomic E-state index is 13.3. The lowest BCUT2D eigenvalue weighted by atomic mass is 10.0. The molecular formula is C28H30N4O2S. The van der Waals surface area contributed by atoms with Crippen LogP contribution in [0.4, 0.5) is 5.69 Å². The molecule has 0 radical (unpaired) electrons. The number of nitrogens with one attached hydrogen (secondary N) is 1. The van der Waals surface area contributed by atoms with E-state index in [2.05, 4.69) is 35.9 Å². The Morgan fingerprint density at radius 1 is 1.14 bits per heavy atom. The lowest BCUT2D eigenvalue weighted by Crippen LogP contribution is -2.43. The summed E-state index contributed by atoms with van der Waals surface area (Å²) < 4.78 is 2.05. The van der Waals surface area contributed by atoms with Gasteiger partial charge in [0.1, 0.15) is 12.2 Å². The summed E-state index contributed by atoms with van der Waals surface area (Å²) in [6, 6.07) is 15.9. The maximum Gasteiger partial charge on any atom is 0.281 e. The number of para-hydroxylation sites is 2. The second-order valence-corrected chi connectivity index (χ2v) is 9.66. The average Bonchev–Trinajstić information content (AvgIpc) is 3.35. The predicted octanol–water partition coefficient (Wildman–Crippen LogP) is 4.87. The highest BCUT2D eigenvalue weighted by atomic mass is 32.1. The molecule has 0 saturated carbocycles. The Kier molecular flexibility index (Phi) is 6.43. The third kappa shape index (κ3) is 4.36. The minimum Gasteiger partial charge on any atom is -0.338 e. The molecule has 1 N–H and O–H groups in total. The number of nitrogens with zero attached hydrogens (tertiary/aromatic N) is 3. The molecule has 0 unspecified atom stereocenters. The van der Waals surface area contributed by atoms with E-state index in [-0.39, 0.29) is 24.4 Å². The van der Waals surface area contributed by atoms with Gasteiger partial charge in [0.2, 0.25) is 5.91 Å². The molecule has 0 aliphatic carbocycles. The number of amides is 2. The Hall–Kier alpha value is -3.45. The van der Waals surface area contributed by atoms with Crippen LogP contribution in [0, 0.1) is 0 Å². The van der Waals surface area contributed by atoms with Crippen molar-refractivity contribution < 1.29 is 9.59 Å². The van der Waals surface area contributed by atoms with Crippen LogP contribution < -0.4 is 10.2 Å². The summed E-state index contributed by atoms with van der Waals surface area (Å²) in [5, 5.41) is 4.47. The second-order valence-electron chi connectivity index (χ2n) is 9.28. The number of carbonyl (C=O) groups is 2. The number of rotatable bonds is 5. The zero-order valence-electron chi connectivity index (χ0n) is 20.2. The van der Waals surface area contributed by atoms with Gasteiger partial charge in [0, 0.05) is 29.7 Å². The molecule has 0 spiro atoms. The van der Waals surface area contributed by atoms with Crippen molar-refractivity contribution in [3.8, 4) is 0 Å². The first kappa shape index (κ1) is 23.3. The van der Waals surface area contributed by atoms with E-state index in [0.717, 1.165) is 48.0 Å². The fraction of sp³-hybridized carbons (Fsp3) is 0.321. The minimum absolute atomic E-state index is 0.144. The van der Waals surface area contributed by atoms with Crippen LogP contribution in [-0.2, 0) is 22.6 Å². The van der Waals surface area contributed by atoms with Crippen molar-refractivity contribution in [3.63, 3.8) is 0 Å². The van der Waals surface area contributed by atoms with Crippen molar-refractivity contribution in [2.24, 2.45) is 0 Å². The molecule has 1 aromatic heterocycles. The van der Waals surface area contributed by atoms with Gasteiger partial charge >= 0.3 is 0 Å². The summed E-state index contributed by atoms with van der Waals surface area (Å²) in [5.74, 6) is -0.0438. The number of thiocarbonyl (C=S) groups is 1. The van der Waals surface area contributed by atoms with Crippen LogP contribution in [-0.4, -0.2) is 39.0 Å². The quantitative estimate of drug-likeness (QED) is 0.413. The number of hydrogen-bond acceptors (Lipinski definition) is 3. The minimum atomic E-state index is -0.188. The zero-order chi connectivity index (χ0) is 24.5. The van der Waals surface area contributed by atoms with Crippen molar-refractivity contribution in [2.75, 3.05) is 11.4 Å². The Morgan fingerprint density at radius 3 is 2.69 bits per heavy atom. The van der Waals surface area contributed by atoms with Crippen LogP contribution >= 0.6 is 12.2 Å². The van der Waals surface area contributed by atoms with Crippen LogP contribution in [0.1, 0.15) is 44.2 Å². The highest BCUT2D eigenvalue weighted by molar-refractivity contribution is 7.80. The molecule has 2 fully saturated rings. The summed E-state index contributed by atoms with van der Waals surface area (Å²) in [6.07, 6.45) is 8.00. The topological polar surface area (TPSA) is 57.6 Å². The van der Waals surface area contributed by atoms with Gasteiger partial charge in [0.15, 0.2) is 5.11 Å². The van der Waals surface area contributed by atoms with Gasteiger partial charge < -0.3 is 14.8 Å². The number of anilines is 1. The molecule has 7 heteroatoms. The maximum atomic E-state index is 13.3. The Morgan fingerprint density at radius 2 is 1.94 bits per heavy atom. The summed E-state index contributed by atoms with van der Waals surface area (Å²) >= 11 is 5.47. The third-order valence-electron chi connectivity index (χ3n) is 7.01. The van der Waals surface area contributed by atoms with E-state index >= 15 is 0 Å². The number of carbonyl (C=O) groups excluding carboxylic acids is 2. The van der Waals surface area contributed by atoms with E-state index in [0.29, 0.717) is 10.8 Å². The average molecular weight is 487 g/mol. The highest BCUT2D eigenvalue weighted by Gasteiger charge is 2.32. The summed E-state index contributed by atoms with van der Waals surface area (Å²) in [7, 11) is 0. The van der Waals surface area contributed by atoms with Crippen molar-refractivity contribution in [3.05, 3.63) is 71.6 Å². The molecule has 2 saturated heterocycles. The molecule has 2 aromatic carbocycles. The molecule has 1 atom stereocenters. The van der Waals surface area contributed by atoms with Gasteiger partial charge in [0.25, 0.3) is 5.91 Å². The molecule has 3 heterocycles. The van der Waals surface area contributed by atoms with Crippen LogP contribution in [0.25, 0.3) is 17.0 Å². The van der Waals surface area contributed by atoms with Crippen LogP contribution in [0.15, 0.2) is 60.4 Å². The van der Waals surface area contributed by atoms with Gasteiger partial charge in [0.05, 0.1) is 11.2 Å². The molecule has 6 nitrogen and oxygen atoms in total. The molecule has 35 heavy (non-hydrogen) atoms. The number of hydrogen-bond donors (Lipinski definition) is 1. The first-order chi connectivity index (χ1) is 17.0. The van der Waals surface area contributed by atoms with Gasteiger partial charge in [-0.15, -0.1) is 0 Å². The van der Waals surface area contributed by atoms with E-state index in [1.54, 1.807) is 0 Å².